The third-order valence-corrected chi connectivity index (χ3v) is 14.8. The smallest absolute Gasteiger partial charge is 0.143 e. The Labute approximate surface area is 386 Å². The second-order valence-corrected chi connectivity index (χ2v) is 18.2. The molecule has 0 saturated carbocycles. The van der Waals surface area contributed by atoms with Crippen LogP contribution in [0.3, 0.4) is 0 Å². The lowest BCUT2D eigenvalue weighted by Gasteiger charge is -2.18. The van der Waals surface area contributed by atoms with E-state index in [1.54, 1.807) is 0 Å². The van der Waals surface area contributed by atoms with Crippen molar-refractivity contribution in [2.45, 2.75) is 0 Å². The van der Waals surface area contributed by atoms with Gasteiger partial charge in [-0.05, 0) is 138 Å². The summed E-state index contributed by atoms with van der Waals surface area (Å²) in [6.07, 6.45) is 0. The van der Waals surface area contributed by atoms with Crippen LogP contribution in [0.15, 0.2) is 235 Å². The van der Waals surface area contributed by atoms with Crippen molar-refractivity contribution in [2.24, 2.45) is 0 Å². The molecule has 0 unspecified atom stereocenters. The number of rotatable bonds is 5. The zero-order valence-electron chi connectivity index (χ0n) is 36.3. The summed E-state index contributed by atoms with van der Waals surface area (Å²) < 4.78 is 7.34. The summed E-state index contributed by atoms with van der Waals surface area (Å²) in [5.41, 5.74) is 13.8. The van der Waals surface area contributed by atoms with Gasteiger partial charge in [0.25, 0.3) is 0 Å². The first-order valence-corrected chi connectivity index (χ1v) is 23.2. The molecule has 1 aromatic heterocycles. The van der Waals surface area contributed by atoms with Crippen LogP contribution in [0.25, 0.3) is 153 Å². The first-order valence-electron chi connectivity index (χ1n) is 23.2. The molecule has 14 aromatic carbocycles. The maximum Gasteiger partial charge on any atom is 0.143 e. The van der Waals surface area contributed by atoms with E-state index in [9.17, 15) is 0 Å². The van der Waals surface area contributed by atoms with Crippen molar-refractivity contribution in [3.63, 3.8) is 0 Å². The van der Waals surface area contributed by atoms with Gasteiger partial charge in [-0.25, -0.2) is 0 Å². The molecule has 0 aliphatic heterocycles. The highest BCUT2D eigenvalue weighted by atomic mass is 16.3. The van der Waals surface area contributed by atoms with Gasteiger partial charge in [-0.15, -0.1) is 0 Å². The highest BCUT2D eigenvalue weighted by molar-refractivity contribution is 6.30. The predicted molar refractivity (Wildman–Crippen MR) is 286 cm³/mol. The largest absolute Gasteiger partial charge is 0.455 e. The average Bonchev–Trinajstić information content (AvgIpc) is 3.79. The van der Waals surface area contributed by atoms with Gasteiger partial charge >= 0.3 is 0 Å². The predicted octanol–water partition coefficient (Wildman–Crippen LogP) is 18.9. The first kappa shape index (κ1) is 36.5. The van der Waals surface area contributed by atoms with E-state index < -0.39 is 0 Å². The minimum absolute atomic E-state index is 0.904. The topological polar surface area (TPSA) is 13.1 Å². The Kier molecular flexibility index (Phi) is 7.56. The fraction of sp³-hybridized carbons (Fsp3) is 0. The number of benzene rings is 14. The quantitative estimate of drug-likeness (QED) is 0.157. The van der Waals surface area contributed by atoms with E-state index in [1.165, 1.54) is 115 Å². The third-order valence-electron chi connectivity index (χ3n) is 14.8. The number of hydrogen-bond donors (Lipinski definition) is 0. The van der Waals surface area contributed by atoms with Crippen LogP contribution in [0.2, 0.25) is 0 Å². The summed E-state index contributed by atoms with van der Waals surface area (Å²) in [7, 11) is 0. The van der Waals surface area contributed by atoms with Gasteiger partial charge in [-0.2, -0.15) is 0 Å². The number of furan rings is 1. The highest BCUT2D eigenvalue weighted by Gasteiger charge is 2.23. The standard InChI is InChI=1S/C66H38O/c1-4-11-39(12-5-1)47-17-10-18-57-51(47)35-36-58-60-38-46(50-29-21-44-23-31-53-48(40-13-6-2-7-14-40)27-19-42-25-33-55(50)63(44)61(42)53)37-59(66(60)67-65(57)58)52-30-22-45-24-32-54-49(41-15-8-3-9-16-41)28-20-43-26-34-56(52)64(45)62(43)54/h1-38H. The van der Waals surface area contributed by atoms with E-state index >= 15 is 0 Å². The van der Waals surface area contributed by atoms with Crippen molar-refractivity contribution >= 4 is 97.3 Å². The normalized spacial score (nSPS) is 12.2. The van der Waals surface area contributed by atoms with Crippen molar-refractivity contribution < 1.29 is 4.42 Å². The summed E-state index contributed by atoms with van der Waals surface area (Å²) in [4.78, 5) is 0. The number of hydrogen-bond acceptors (Lipinski definition) is 1. The van der Waals surface area contributed by atoms with Gasteiger partial charge in [-0.1, -0.05) is 212 Å². The van der Waals surface area contributed by atoms with Crippen molar-refractivity contribution in [3.05, 3.63) is 231 Å². The van der Waals surface area contributed by atoms with Gasteiger partial charge < -0.3 is 4.42 Å². The molecule has 0 spiro atoms. The molecular formula is C66H38O. The Bertz CT molecular complexity index is 4470. The summed E-state index contributed by atoms with van der Waals surface area (Å²) in [6, 6.07) is 85.3. The molecule has 308 valence electrons. The third kappa shape index (κ3) is 5.25. The Morgan fingerprint density at radius 1 is 0.194 bits per heavy atom. The van der Waals surface area contributed by atoms with Crippen LogP contribution >= 0.6 is 0 Å². The lowest BCUT2D eigenvalue weighted by molar-refractivity contribution is 0.674. The summed E-state index contributed by atoms with van der Waals surface area (Å²) >= 11 is 0. The van der Waals surface area contributed by atoms with Crippen LogP contribution in [0.1, 0.15) is 0 Å². The number of fused-ring (bicyclic) bond motifs is 5. The minimum Gasteiger partial charge on any atom is -0.455 e. The molecule has 0 aliphatic rings. The van der Waals surface area contributed by atoms with Crippen LogP contribution in [0.5, 0.6) is 0 Å². The van der Waals surface area contributed by atoms with E-state index in [2.05, 4.69) is 231 Å². The molecule has 0 radical (unpaired) electrons. The van der Waals surface area contributed by atoms with Gasteiger partial charge in [-0.3, -0.25) is 0 Å². The summed E-state index contributed by atoms with van der Waals surface area (Å²) in [5.74, 6) is 0. The van der Waals surface area contributed by atoms with E-state index in [4.69, 9.17) is 4.42 Å². The zero-order chi connectivity index (χ0) is 43.7. The lowest BCUT2D eigenvalue weighted by Crippen LogP contribution is -1.91. The van der Waals surface area contributed by atoms with Crippen LogP contribution in [-0.4, -0.2) is 0 Å². The fourth-order valence-corrected chi connectivity index (χ4v) is 11.7. The molecule has 0 fully saturated rings. The molecule has 0 saturated heterocycles. The van der Waals surface area contributed by atoms with Gasteiger partial charge in [0.15, 0.2) is 0 Å². The fourth-order valence-electron chi connectivity index (χ4n) is 11.7. The first-order chi connectivity index (χ1) is 33.2. The maximum atomic E-state index is 7.34. The molecule has 1 heteroatoms. The molecule has 0 atom stereocenters. The molecule has 67 heavy (non-hydrogen) atoms. The molecule has 1 heterocycles. The van der Waals surface area contributed by atoms with E-state index in [0.717, 1.165) is 38.5 Å². The maximum absolute atomic E-state index is 7.34. The van der Waals surface area contributed by atoms with Crippen LogP contribution in [0, 0.1) is 0 Å². The second-order valence-electron chi connectivity index (χ2n) is 18.2. The second kappa shape index (κ2) is 13.9. The van der Waals surface area contributed by atoms with Gasteiger partial charge in [0.2, 0.25) is 0 Å². The monoisotopic (exact) mass is 846 g/mol. The van der Waals surface area contributed by atoms with Crippen molar-refractivity contribution in [3.8, 4) is 55.6 Å². The van der Waals surface area contributed by atoms with Crippen molar-refractivity contribution in [2.75, 3.05) is 0 Å². The lowest BCUT2D eigenvalue weighted by atomic mass is 9.85. The highest BCUT2D eigenvalue weighted by Crippen LogP contribution is 2.49. The SMILES string of the molecule is c1ccc(-c2cccc3c2ccc2c4cc(-c5ccc6ccc7c(-c8ccccc8)ccc8ccc5c6c87)cc(-c5ccc6ccc7c(-c8ccccc8)ccc8ccc5c6c87)c4oc32)cc1. The molecule has 0 bridgehead atoms. The Morgan fingerprint density at radius 3 is 1.06 bits per heavy atom. The van der Waals surface area contributed by atoms with E-state index in [-0.39, 0.29) is 0 Å². The molecular weight excluding hydrogens is 809 g/mol. The van der Waals surface area contributed by atoms with Gasteiger partial charge in [0.1, 0.15) is 11.2 Å². The molecule has 0 amide bonds. The van der Waals surface area contributed by atoms with Crippen LogP contribution < -0.4 is 0 Å². The molecule has 15 aromatic rings. The zero-order valence-corrected chi connectivity index (χ0v) is 36.3. The summed E-state index contributed by atoms with van der Waals surface area (Å²) in [6.45, 7) is 0. The molecule has 15 rings (SSSR count). The Hall–Kier alpha value is -8.78. The van der Waals surface area contributed by atoms with Crippen LogP contribution in [-0.2, 0) is 0 Å². The van der Waals surface area contributed by atoms with E-state index in [1.807, 2.05) is 0 Å². The van der Waals surface area contributed by atoms with Gasteiger partial charge in [0, 0.05) is 21.7 Å². The average molecular weight is 847 g/mol. The van der Waals surface area contributed by atoms with Crippen LogP contribution in [0.4, 0.5) is 0 Å². The van der Waals surface area contributed by atoms with E-state index in [0.29, 0.717) is 0 Å². The Morgan fingerprint density at radius 2 is 0.567 bits per heavy atom. The molecule has 0 N–H and O–H groups in total. The molecule has 0 aliphatic carbocycles. The molecule has 1 nitrogen and oxygen atoms in total. The van der Waals surface area contributed by atoms with Gasteiger partial charge in [0.05, 0.1) is 0 Å². The van der Waals surface area contributed by atoms with Crippen molar-refractivity contribution in [1.82, 2.24) is 0 Å². The van der Waals surface area contributed by atoms with Crippen molar-refractivity contribution in [1.29, 1.82) is 0 Å². The Balaban J connectivity index is 1.04. The summed E-state index contributed by atoms with van der Waals surface area (Å²) in [5, 5.41) is 19.7. The minimum atomic E-state index is 0.904.